The van der Waals surface area contributed by atoms with Crippen molar-refractivity contribution in [3.8, 4) is 0 Å². The van der Waals surface area contributed by atoms with Crippen LogP contribution in [0.1, 0.15) is 13.8 Å². The van der Waals surface area contributed by atoms with E-state index in [0.717, 1.165) is 11.9 Å². The normalized spacial score (nSPS) is 9.00. The van der Waals surface area contributed by atoms with Gasteiger partial charge in [-0.1, -0.05) is 12.2 Å². The zero-order valence-electron chi connectivity index (χ0n) is 4.78. The lowest BCUT2D eigenvalue weighted by Gasteiger charge is -1.97. The van der Waals surface area contributed by atoms with Gasteiger partial charge in [-0.3, -0.25) is 0 Å². The summed E-state index contributed by atoms with van der Waals surface area (Å²) in [6, 6.07) is 0. The van der Waals surface area contributed by atoms with Gasteiger partial charge in [-0.25, -0.2) is 10.0 Å². The first-order valence-corrected chi connectivity index (χ1v) is 5.60. The summed E-state index contributed by atoms with van der Waals surface area (Å²) in [5.41, 5.74) is 0. The van der Waals surface area contributed by atoms with E-state index in [0.29, 0.717) is 0 Å². The first-order chi connectivity index (χ1) is 3.31. The molecule has 0 saturated heterocycles. The SMILES string of the molecule is CC[O][Al]([Cl])[CH2]C. The molecule has 1 nitrogen and oxygen atoms in total. The lowest BCUT2D eigenvalue weighted by Crippen LogP contribution is -2.07. The van der Waals surface area contributed by atoms with E-state index in [1.807, 2.05) is 6.92 Å². The molecule has 0 aliphatic rings. The molecule has 0 atom stereocenters. The van der Waals surface area contributed by atoms with Gasteiger partial charge in [0.25, 0.3) is 0 Å². The van der Waals surface area contributed by atoms with Crippen LogP contribution in [0.15, 0.2) is 0 Å². The van der Waals surface area contributed by atoms with Gasteiger partial charge in [-0.2, -0.15) is 0 Å². The third-order valence-corrected chi connectivity index (χ3v) is 3.31. The predicted octanol–water partition coefficient (Wildman–Crippen LogP) is 1.77. The molecule has 0 aliphatic carbocycles. The minimum absolute atomic E-state index is 0.772. The Hall–Kier alpha value is 0.782. The Labute approximate surface area is 53.5 Å². The molecule has 0 amide bonds. The van der Waals surface area contributed by atoms with Crippen molar-refractivity contribution in [2.75, 3.05) is 6.61 Å². The summed E-state index contributed by atoms with van der Waals surface area (Å²) in [4.78, 5) is 0. The maximum Gasteiger partial charge on any atom is 0.591 e. The maximum absolute atomic E-state index is 5.68. The molecule has 0 heterocycles. The molecule has 0 N–H and O–H groups in total. The van der Waals surface area contributed by atoms with Crippen LogP contribution in [0.3, 0.4) is 0 Å². The second-order valence-electron chi connectivity index (χ2n) is 1.27. The Balaban J connectivity index is 2.83. The number of hydrogen-bond donors (Lipinski definition) is 0. The highest BCUT2D eigenvalue weighted by molar-refractivity contribution is 7.03. The largest absolute Gasteiger partial charge is 0.591 e. The van der Waals surface area contributed by atoms with Crippen molar-refractivity contribution in [3.05, 3.63) is 0 Å². The topological polar surface area (TPSA) is 9.23 Å². The van der Waals surface area contributed by atoms with E-state index >= 15 is 0 Å². The van der Waals surface area contributed by atoms with Crippen LogP contribution >= 0.6 is 10.0 Å². The smallest absolute Gasteiger partial charge is 0.489 e. The molecule has 7 heavy (non-hydrogen) atoms. The second kappa shape index (κ2) is 4.93. The lowest BCUT2D eigenvalue weighted by atomic mass is 10.9. The molecule has 0 aliphatic heterocycles. The summed E-state index contributed by atoms with van der Waals surface area (Å²) in [5, 5.41) is 1.02. The van der Waals surface area contributed by atoms with Gasteiger partial charge < -0.3 is 3.79 Å². The van der Waals surface area contributed by atoms with E-state index in [2.05, 4.69) is 6.92 Å². The molecule has 0 fully saturated rings. The summed E-state index contributed by atoms with van der Waals surface area (Å²) in [5.74, 6) is 0. The zero-order valence-corrected chi connectivity index (χ0v) is 6.69. The highest BCUT2D eigenvalue weighted by Gasteiger charge is 2.11. The third kappa shape index (κ3) is 4.64. The highest BCUT2D eigenvalue weighted by atomic mass is 35.6. The average Bonchev–Trinajstić information content (AvgIpc) is 1.68. The van der Waals surface area contributed by atoms with E-state index in [1.54, 1.807) is 0 Å². The molecule has 0 aromatic rings. The van der Waals surface area contributed by atoms with Crippen molar-refractivity contribution in [1.29, 1.82) is 0 Å². The van der Waals surface area contributed by atoms with Gasteiger partial charge in [0.15, 0.2) is 0 Å². The van der Waals surface area contributed by atoms with Crippen molar-refractivity contribution < 1.29 is 3.79 Å². The summed E-state index contributed by atoms with van der Waals surface area (Å²) in [6.07, 6.45) is 0. The Morgan fingerprint density at radius 2 is 2.14 bits per heavy atom. The molecular weight excluding hydrogens is 126 g/mol. The molecule has 0 aromatic carbocycles. The van der Waals surface area contributed by atoms with E-state index in [1.165, 1.54) is 0 Å². The van der Waals surface area contributed by atoms with Gasteiger partial charge in [0, 0.05) is 6.61 Å². The van der Waals surface area contributed by atoms with E-state index in [-0.39, 0.29) is 0 Å². The Morgan fingerprint density at radius 3 is 2.29 bits per heavy atom. The van der Waals surface area contributed by atoms with Crippen LogP contribution in [-0.2, 0) is 3.79 Å². The zero-order chi connectivity index (χ0) is 5.70. The van der Waals surface area contributed by atoms with Crippen LogP contribution in [0.25, 0.3) is 0 Å². The summed E-state index contributed by atoms with van der Waals surface area (Å²) < 4.78 is 5.10. The van der Waals surface area contributed by atoms with E-state index in [9.17, 15) is 0 Å². The molecule has 0 spiro atoms. The van der Waals surface area contributed by atoms with E-state index in [4.69, 9.17) is 13.8 Å². The van der Waals surface area contributed by atoms with Gasteiger partial charge in [-0.05, 0) is 6.92 Å². The van der Waals surface area contributed by atoms with Gasteiger partial charge in [-0.15, -0.1) is 0 Å². The van der Waals surface area contributed by atoms with Crippen molar-refractivity contribution in [2.45, 2.75) is 19.1 Å². The van der Waals surface area contributed by atoms with Crippen LogP contribution in [0, 0.1) is 0 Å². The predicted molar refractivity (Wildman–Crippen MR) is 33.7 cm³/mol. The molecule has 3 heteroatoms. The molecule has 0 saturated carbocycles. The van der Waals surface area contributed by atoms with Crippen molar-refractivity contribution in [3.63, 3.8) is 0 Å². The third-order valence-electron chi connectivity index (χ3n) is 0.668. The molecule has 0 radical (unpaired) electrons. The van der Waals surface area contributed by atoms with Gasteiger partial charge >= 0.3 is 13.6 Å². The Morgan fingerprint density at radius 1 is 1.57 bits per heavy atom. The van der Waals surface area contributed by atoms with Crippen molar-refractivity contribution >= 4 is 23.6 Å². The molecule has 0 bridgehead atoms. The minimum atomic E-state index is -1.21. The minimum Gasteiger partial charge on any atom is -0.489 e. The monoisotopic (exact) mass is 136 g/mol. The molecule has 0 rings (SSSR count). The van der Waals surface area contributed by atoms with Crippen LogP contribution in [-0.4, -0.2) is 20.2 Å². The second-order valence-corrected chi connectivity index (χ2v) is 4.70. The molecule has 42 valence electrons. The Kier molecular flexibility index (Phi) is 5.48. The standard InChI is InChI=1S/C2H5O.C2H5.Al.ClH/c1-2-3;1-2;;/h2H2,1H3;1H2,2H3;;1H/q-1;;+2;/p-1. The maximum atomic E-state index is 5.68. The Bertz CT molecular complexity index is 42.7. The molecule has 0 aromatic heterocycles. The van der Waals surface area contributed by atoms with Crippen molar-refractivity contribution in [2.24, 2.45) is 0 Å². The fourth-order valence-electron chi connectivity index (χ4n) is 0.299. The van der Waals surface area contributed by atoms with Crippen LogP contribution < -0.4 is 0 Å². The first-order valence-electron chi connectivity index (χ1n) is 2.57. The summed E-state index contributed by atoms with van der Waals surface area (Å²) >= 11 is -1.21. The van der Waals surface area contributed by atoms with Crippen LogP contribution in [0.5, 0.6) is 0 Å². The summed E-state index contributed by atoms with van der Waals surface area (Å²) in [6.45, 7) is 4.80. The molecule has 0 unspecified atom stereocenters. The number of rotatable bonds is 3. The fraction of sp³-hybridized carbons (Fsp3) is 1.00. The lowest BCUT2D eigenvalue weighted by molar-refractivity contribution is 0.355. The summed E-state index contributed by atoms with van der Waals surface area (Å²) in [7, 11) is 5.68. The van der Waals surface area contributed by atoms with Gasteiger partial charge in [0.1, 0.15) is 0 Å². The fourth-order valence-corrected chi connectivity index (χ4v) is 1.27. The van der Waals surface area contributed by atoms with Gasteiger partial charge in [0.2, 0.25) is 0 Å². The number of halogens is 1. The van der Waals surface area contributed by atoms with Crippen molar-refractivity contribution in [1.82, 2.24) is 0 Å². The number of hydrogen-bond acceptors (Lipinski definition) is 1. The van der Waals surface area contributed by atoms with Crippen LogP contribution in [0.2, 0.25) is 5.28 Å². The van der Waals surface area contributed by atoms with Crippen LogP contribution in [0.4, 0.5) is 0 Å². The van der Waals surface area contributed by atoms with Gasteiger partial charge in [0.05, 0.1) is 0 Å². The quantitative estimate of drug-likeness (QED) is 0.538. The highest BCUT2D eigenvalue weighted by Crippen LogP contribution is 1.96. The molecular formula is C4H10AlClO. The van der Waals surface area contributed by atoms with E-state index < -0.39 is 13.6 Å². The average molecular weight is 137 g/mol. The first kappa shape index (κ1) is 7.78.